The third-order valence-electron chi connectivity index (χ3n) is 2.65. The van der Waals surface area contributed by atoms with Gasteiger partial charge in [0.1, 0.15) is 0 Å². The second-order valence-corrected chi connectivity index (χ2v) is 5.53. The van der Waals surface area contributed by atoms with Crippen molar-refractivity contribution in [3.63, 3.8) is 0 Å². The SMILES string of the molecule is Cc1ncsc1CN(C)C(=O)Nc1cccc(Cl)c1. The highest BCUT2D eigenvalue weighted by Gasteiger charge is 2.12. The molecule has 0 atom stereocenters. The van der Waals surface area contributed by atoms with E-state index in [1.54, 1.807) is 53.1 Å². The van der Waals surface area contributed by atoms with Gasteiger partial charge in [-0.1, -0.05) is 17.7 Å². The van der Waals surface area contributed by atoms with E-state index in [4.69, 9.17) is 11.6 Å². The van der Waals surface area contributed by atoms with Crippen molar-refractivity contribution in [2.24, 2.45) is 0 Å². The maximum atomic E-state index is 12.0. The van der Waals surface area contributed by atoms with Gasteiger partial charge in [-0.2, -0.15) is 0 Å². The Morgan fingerprint density at radius 1 is 1.53 bits per heavy atom. The summed E-state index contributed by atoms with van der Waals surface area (Å²) in [5.74, 6) is 0. The Kier molecular flexibility index (Phi) is 4.39. The first kappa shape index (κ1) is 13.8. The van der Waals surface area contributed by atoms with Gasteiger partial charge < -0.3 is 10.2 Å². The van der Waals surface area contributed by atoms with E-state index in [9.17, 15) is 4.79 Å². The van der Waals surface area contributed by atoms with Crippen LogP contribution >= 0.6 is 22.9 Å². The molecule has 0 radical (unpaired) electrons. The van der Waals surface area contributed by atoms with Crippen molar-refractivity contribution in [2.75, 3.05) is 12.4 Å². The Hall–Kier alpha value is -1.59. The summed E-state index contributed by atoms with van der Waals surface area (Å²) in [4.78, 5) is 18.9. The Balaban J connectivity index is 1.98. The summed E-state index contributed by atoms with van der Waals surface area (Å²) >= 11 is 7.42. The van der Waals surface area contributed by atoms with Gasteiger partial charge in [-0.3, -0.25) is 0 Å². The van der Waals surface area contributed by atoms with Crippen LogP contribution in [0.1, 0.15) is 10.6 Å². The third-order valence-corrected chi connectivity index (χ3v) is 3.80. The van der Waals surface area contributed by atoms with Crippen LogP contribution in [0.2, 0.25) is 5.02 Å². The molecule has 1 N–H and O–H groups in total. The predicted molar refractivity (Wildman–Crippen MR) is 78.8 cm³/mol. The van der Waals surface area contributed by atoms with E-state index in [2.05, 4.69) is 10.3 Å². The first-order chi connectivity index (χ1) is 9.06. The monoisotopic (exact) mass is 295 g/mol. The number of amides is 2. The van der Waals surface area contributed by atoms with Gasteiger partial charge in [-0.05, 0) is 25.1 Å². The Morgan fingerprint density at radius 3 is 2.95 bits per heavy atom. The van der Waals surface area contributed by atoms with E-state index in [0.717, 1.165) is 10.6 Å². The molecule has 100 valence electrons. The molecule has 0 unspecified atom stereocenters. The number of rotatable bonds is 3. The Labute approximate surface area is 121 Å². The number of aryl methyl sites for hydroxylation is 1. The number of carbonyl (C=O) groups is 1. The highest BCUT2D eigenvalue weighted by Crippen LogP contribution is 2.17. The average Bonchev–Trinajstić information content (AvgIpc) is 2.75. The van der Waals surface area contributed by atoms with E-state index >= 15 is 0 Å². The molecule has 2 amide bonds. The molecule has 0 bridgehead atoms. The molecular weight excluding hydrogens is 282 g/mol. The van der Waals surface area contributed by atoms with Crippen LogP contribution < -0.4 is 5.32 Å². The molecule has 0 spiro atoms. The van der Waals surface area contributed by atoms with E-state index in [-0.39, 0.29) is 6.03 Å². The van der Waals surface area contributed by atoms with E-state index < -0.39 is 0 Å². The summed E-state index contributed by atoms with van der Waals surface area (Å²) in [6.07, 6.45) is 0. The van der Waals surface area contributed by atoms with Crippen molar-refractivity contribution in [2.45, 2.75) is 13.5 Å². The molecule has 0 saturated carbocycles. The maximum Gasteiger partial charge on any atom is 0.321 e. The van der Waals surface area contributed by atoms with Crippen molar-refractivity contribution in [1.82, 2.24) is 9.88 Å². The van der Waals surface area contributed by atoms with Crippen molar-refractivity contribution in [1.29, 1.82) is 0 Å². The number of urea groups is 1. The molecule has 2 aromatic rings. The Morgan fingerprint density at radius 2 is 2.32 bits per heavy atom. The number of nitrogens with one attached hydrogen (secondary N) is 1. The fraction of sp³-hybridized carbons (Fsp3) is 0.231. The Bertz CT molecular complexity index is 585. The van der Waals surface area contributed by atoms with E-state index in [0.29, 0.717) is 17.3 Å². The second kappa shape index (κ2) is 6.04. The molecule has 4 nitrogen and oxygen atoms in total. The normalized spacial score (nSPS) is 10.3. The van der Waals surface area contributed by atoms with Crippen LogP contribution in [0.15, 0.2) is 29.8 Å². The molecular formula is C13H14ClN3OS. The lowest BCUT2D eigenvalue weighted by atomic mass is 10.3. The summed E-state index contributed by atoms with van der Waals surface area (Å²) in [6.45, 7) is 2.48. The zero-order valence-electron chi connectivity index (χ0n) is 10.7. The van der Waals surface area contributed by atoms with E-state index in [1.807, 2.05) is 6.92 Å². The topological polar surface area (TPSA) is 45.2 Å². The number of thiazole rings is 1. The average molecular weight is 296 g/mol. The van der Waals surface area contributed by atoms with Gasteiger partial charge in [0, 0.05) is 22.6 Å². The zero-order chi connectivity index (χ0) is 13.8. The number of hydrogen-bond acceptors (Lipinski definition) is 3. The molecule has 2 rings (SSSR count). The first-order valence-electron chi connectivity index (χ1n) is 5.73. The number of hydrogen-bond donors (Lipinski definition) is 1. The van der Waals surface area contributed by atoms with Gasteiger partial charge in [0.2, 0.25) is 0 Å². The van der Waals surface area contributed by atoms with Gasteiger partial charge in [0.25, 0.3) is 0 Å². The lowest BCUT2D eigenvalue weighted by Gasteiger charge is -2.17. The number of anilines is 1. The van der Waals surface area contributed by atoms with Crippen LogP contribution in [0.3, 0.4) is 0 Å². The van der Waals surface area contributed by atoms with E-state index in [1.165, 1.54) is 0 Å². The summed E-state index contributed by atoms with van der Waals surface area (Å²) in [5.41, 5.74) is 3.44. The second-order valence-electron chi connectivity index (χ2n) is 4.16. The number of aromatic nitrogens is 1. The minimum atomic E-state index is -0.171. The molecule has 1 heterocycles. The van der Waals surface area contributed by atoms with Crippen LogP contribution in [0.25, 0.3) is 0 Å². The highest BCUT2D eigenvalue weighted by atomic mass is 35.5. The first-order valence-corrected chi connectivity index (χ1v) is 6.98. The van der Waals surface area contributed by atoms with Crippen molar-refractivity contribution < 1.29 is 4.79 Å². The maximum absolute atomic E-state index is 12.0. The predicted octanol–water partition coefficient (Wildman–Crippen LogP) is 3.77. The fourth-order valence-electron chi connectivity index (χ4n) is 1.55. The molecule has 0 aliphatic heterocycles. The molecule has 0 aliphatic rings. The third kappa shape index (κ3) is 3.68. The summed E-state index contributed by atoms with van der Waals surface area (Å²) in [7, 11) is 1.75. The van der Waals surface area contributed by atoms with Gasteiger partial charge in [0.05, 0.1) is 17.7 Å². The van der Waals surface area contributed by atoms with Gasteiger partial charge in [-0.15, -0.1) is 11.3 Å². The fourth-order valence-corrected chi connectivity index (χ4v) is 2.57. The minimum absolute atomic E-state index is 0.171. The lowest BCUT2D eigenvalue weighted by Crippen LogP contribution is -2.30. The number of halogens is 1. The van der Waals surface area contributed by atoms with Crippen molar-refractivity contribution in [3.8, 4) is 0 Å². The molecule has 1 aromatic carbocycles. The zero-order valence-corrected chi connectivity index (χ0v) is 12.3. The molecule has 0 aliphatic carbocycles. The van der Waals surface area contributed by atoms with Gasteiger partial charge >= 0.3 is 6.03 Å². The number of benzene rings is 1. The summed E-state index contributed by atoms with van der Waals surface area (Å²) < 4.78 is 0. The van der Waals surface area contributed by atoms with Gasteiger partial charge in [-0.25, -0.2) is 9.78 Å². The quantitative estimate of drug-likeness (QED) is 0.937. The molecule has 1 aromatic heterocycles. The van der Waals surface area contributed by atoms with Crippen LogP contribution in [-0.4, -0.2) is 23.0 Å². The molecule has 19 heavy (non-hydrogen) atoms. The van der Waals surface area contributed by atoms with Crippen LogP contribution in [0.5, 0.6) is 0 Å². The summed E-state index contributed by atoms with van der Waals surface area (Å²) in [5, 5.41) is 3.40. The molecule has 6 heteroatoms. The number of carbonyl (C=O) groups excluding carboxylic acids is 1. The lowest BCUT2D eigenvalue weighted by molar-refractivity contribution is 0.221. The summed E-state index contributed by atoms with van der Waals surface area (Å²) in [6, 6.07) is 6.91. The standard InChI is InChI=1S/C13H14ClN3OS/c1-9-12(19-8-15-9)7-17(2)13(18)16-11-5-3-4-10(14)6-11/h3-6,8H,7H2,1-2H3,(H,16,18). The largest absolute Gasteiger partial charge is 0.322 e. The highest BCUT2D eigenvalue weighted by molar-refractivity contribution is 7.09. The number of nitrogens with zero attached hydrogens (tertiary/aromatic N) is 2. The van der Waals surface area contributed by atoms with Crippen LogP contribution in [-0.2, 0) is 6.54 Å². The smallest absolute Gasteiger partial charge is 0.321 e. The molecule has 0 saturated heterocycles. The van der Waals surface area contributed by atoms with Crippen LogP contribution in [0, 0.1) is 6.92 Å². The molecule has 0 fully saturated rings. The van der Waals surface area contributed by atoms with Crippen LogP contribution in [0.4, 0.5) is 10.5 Å². The van der Waals surface area contributed by atoms with Gasteiger partial charge in [0.15, 0.2) is 0 Å². The van der Waals surface area contributed by atoms with Crippen molar-refractivity contribution in [3.05, 3.63) is 45.4 Å². The van der Waals surface area contributed by atoms with Crippen molar-refractivity contribution >= 4 is 34.7 Å². The minimum Gasteiger partial charge on any atom is -0.322 e.